The average molecular weight is 446 g/mol. The summed E-state index contributed by atoms with van der Waals surface area (Å²) in [4.78, 5) is 41.2. The van der Waals surface area contributed by atoms with Crippen molar-refractivity contribution in [2.45, 2.75) is 0 Å². The molecular formula is C21H14N6O6. The second-order valence-electron chi connectivity index (χ2n) is 6.63. The van der Waals surface area contributed by atoms with Gasteiger partial charge in [-0.1, -0.05) is 36.4 Å². The van der Waals surface area contributed by atoms with Gasteiger partial charge in [0.25, 0.3) is 11.6 Å². The van der Waals surface area contributed by atoms with Gasteiger partial charge in [0, 0.05) is 17.7 Å². The topological polar surface area (TPSA) is 162 Å². The predicted molar refractivity (Wildman–Crippen MR) is 117 cm³/mol. The first kappa shape index (κ1) is 21.1. The maximum absolute atomic E-state index is 12.3. The maximum atomic E-state index is 12.3. The fraction of sp³-hybridized carbons (Fsp3) is 0. The van der Waals surface area contributed by atoms with Gasteiger partial charge in [0.1, 0.15) is 12.1 Å². The molecule has 12 nitrogen and oxygen atoms in total. The number of anilines is 1. The van der Waals surface area contributed by atoms with E-state index in [1.54, 1.807) is 18.2 Å². The number of nitro benzene ring substituents is 1. The lowest BCUT2D eigenvalue weighted by atomic mass is 10.1. The third kappa shape index (κ3) is 4.64. The molecule has 0 aliphatic rings. The van der Waals surface area contributed by atoms with E-state index in [0.717, 1.165) is 23.2 Å². The third-order valence-electron chi connectivity index (χ3n) is 4.52. The van der Waals surface area contributed by atoms with Crippen LogP contribution in [0.15, 0.2) is 73.1 Å². The molecule has 4 aromatic rings. The molecule has 0 unspecified atom stereocenters. The Balaban J connectivity index is 1.57. The number of hydrogen-bond donors (Lipinski definition) is 2. The summed E-state index contributed by atoms with van der Waals surface area (Å²) < 4.78 is 5.63. The number of carbonyl (C=O) groups excluding carboxylic acids is 1. The van der Waals surface area contributed by atoms with Gasteiger partial charge in [-0.05, 0) is 29.0 Å². The lowest BCUT2D eigenvalue weighted by Gasteiger charge is -2.10. The van der Waals surface area contributed by atoms with Gasteiger partial charge >= 0.3 is 11.6 Å². The summed E-state index contributed by atoms with van der Waals surface area (Å²) in [5, 5.41) is 24.4. The van der Waals surface area contributed by atoms with E-state index in [1.165, 1.54) is 18.2 Å². The Labute approximate surface area is 185 Å². The van der Waals surface area contributed by atoms with Crippen molar-refractivity contribution in [1.82, 2.24) is 15.4 Å². The van der Waals surface area contributed by atoms with E-state index in [0.29, 0.717) is 5.75 Å². The van der Waals surface area contributed by atoms with Crippen molar-refractivity contribution < 1.29 is 19.4 Å². The summed E-state index contributed by atoms with van der Waals surface area (Å²) in [6, 6.07) is 17.7. The molecular weight excluding hydrogens is 432 g/mol. The molecule has 0 atom stereocenters. The molecule has 0 saturated heterocycles. The van der Waals surface area contributed by atoms with Gasteiger partial charge in [-0.2, -0.15) is 4.98 Å². The summed E-state index contributed by atoms with van der Waals surface area (Å²) in [6.07, 6.45) is 1.03. The minimum Gasteiger partial charge on any atom is -0.434 e. The van der Waals surface area contributed by atoms with Gasteiger partial charge in [0.15, 0.2) is 0 Å². The van der Waals surface area contributed by atoms with Gasteiger partial charge < -0.3 is 4.74 Å². The number of hydrazine groups is 1. The molecule has 0 radical (unpaired) electrons. The molecule has 0 fully saturated rings. The first-order valence-electron chi connectivity index (χ1n) is 9.39. The van der Waals surface area contributed by atoms with E-state index in [9.17, 15) is 25.0 Å². The van der Waals surface area contributed by atoms with Crippen LogP contribution in [0, 0.1) is 20.2 Å². The highest BCUT2D eigenvalue weighted by Gasteiger charge is 2.26. The molecule has 0 bridgehead atoms. The Morgan fingerprint density at radius 1 is 0.879 bits per heavy atom. The standard InChI is InChI=1S/C21H14N6O6/c28-20(15-6-3-7-16(10-15)26(29)30)25-24-19-18(27(31)32)21(23-12-22-19)33-17-9-8-13-4-1-2-5-14(13)11-17/h1-12H,(H,25,28)(H,22,23,24). The van der Waals surface area contributed by atoms with Crippen LogP contribution in [0.4, 0.5) is 17.2 Å². The van der Waals surface area contributed by atoms with Crippen LogP contribution in [-0.2, 0) is 0 Å². The van der Waals surface area contributed by atoms with Gasteiger partial charge in [-0.3, -0.25) is 35.9 Å². The number of aromatic nitrogens is 2. The molecule has 33 heavy (non-hydrogen) atoms. The largest absolute Gasteiger partial charge is 0.434 e. The van der Waals surface area contributed by atoms with E-state index in [-0.39, 0.29) is 22.9 Å². The number of nitrogens with zero attached hydrogens (tertiary/aromatic N) is 4. The zero-order valence-electron chi connectivity index (χ0n) is 16.7. The lowest BCUT2D eigenvalue weighted by Crippen LogP contribution is -2.30. The van der Waals surface area contributed by atoms with E-state index >= 15 is 0 Å². The monoisotopic (exact) mass is 446 g/mol. The molecule has 1 amide bonds. The number of carbonyl (C=O) groups is 1. The van der Waals surface area contributed by atoms with Crippen molar-refractivity contribution in [1.29, 1.82) is 0 Å². The molecule has 0 saturated carbocycles. The smallest absolute Gasteiger partial charge is 0.374 e. The Bertz CT molecular complexity index is 1390. The van der Waals surface area contributed by atoms with Crippen LogP contribution in [-0.4, -0.2) is 25.7 Å². The van der Waals surface area contributed by atoms with E-state index in [2.05, 4.69) is 20.8 Å². The number of ether oxygens (including phenoxy) is 1. The van der Waals surface area contributed by atoms with Gasteiger partial charge in [0.2, 0.25) is 5.82 Å². The summed E-state index contributed by atoms with van der Waals surface area (Å²) in [5.74, 6) is -1.10. The van der Waals surface area contributed by atoms with Crippen LogP contribution >= 0.6 is 0 Å². The molecule has 12 heteroatoms. The minimum absolute atomic E-state index is 0.0268. The number of non-ortho nitro benzene ring substituents is 1. The highest BCUT2D eigenvalue weighted by atomic mass is 16.6. The van der Waals surface area contributed by atoms with Crippen LogP contribution in [0.5, 0.6) is 11.6 Å². The van der Waals surface area contributed by atoms with Crippen molar-refractivity contribution in [3.8, 4) is 11.6 Å². The number of benzene rings is 3. The highest BCUT2D eigenvalue weighted by molar-refractivity contribution is 5.95. The number of nitrogens with one attached hydrogen (secondary N) is 2. The number of nitro groups is 2. The minimum atomic E-state index is -0.761. The number of hydrogen-bond acceptors (Lipinski definition) is 9. The van der Waals surface area contributed by atoms with Crippen LogP contribution in [0.3, 0.4) is 0 Å². The molecule has 1 heterocycles. The van der Waals surface area contributed by atoms with Crippen molar-refractivity contribution in [2.24, 2.45) is 0 Å². The van der Waals surface area contributed by atoms with E-state index in [4.69, 9.17) is 4.74 Å². The summed E-state index contributed by atoms with van der Waals surface area (Å²) >= 11 is 0. The number of amides is 1. The first-order chi connectivity index (χ1) is 15.9. The van der Waals surface area contributed by atoms with E-state index < -0.39 is 21.4 Å². The molecule has 164 valence electrons. The Morgan fingerprint density at radius 3 is 2.42 bits per heavy atom. The van der Waals surface area contributed by atoms with Gasteiger partial charge in [-0.25, -0.2) is 4.98 Å². The molecule has 0 aliphatic heterocycles. The lowest BCUT2D eigenvalue weighted by molar-refractivity contribution is -0.385. The fourth-order valence-corrected chi connectivity index (χ4v) is 2.98. The molecule has 1 aromatic heterocycles. The number of fused-ring (bicyclic) bond motifs is 1. The first-order valence-corrected chi connectivity index (χ1v) is 9.39. The van der Waals surface area contributed by atoms with Crippen LogP contribution in [0.2, 0.25) is 0 Å². The molecule has 2 N–H and O–H groups in total. The Kier molecular flexibility index (Phi) is 5.72. The quantitative estimate of drug-likeness (QED) is 0.315. The van der Waals surface area contributed by atoms with Crippen molar-refractivity contribution in [2.75, 3.05) is 5.43 Å². The molecule has 4 rings (SSSR count). The van der Waals surface area contributed by atoms with Crippen molar-refractivity contribution in [3.63, 3.8) is 0 Å². The fourth-order valence-electron chi connectivity index (χ4n) is 2.98. The normalized spacial score (nSPS) is 10.4. The molecule has 0 spiro atoms. The van der Waals surface area contributed by atoms with Gasteiger partial charge in [0.05, 0.1) is 9.85 Å². The summed E-state index contributed by atoms with van der Waals surface area (Å²) in [6.45, 7) is 0. The Morgan fingerprint density at radius 2 is 1.67 bits per heavy atom. The SMILES string of the molecule is O=C(NNc1ncnc(Oc2ccc3ccccc3c2)c1[N+](=O)[O-])c1cccc([N+](=O)[O-])c1. The average Bonchev–Trinajstić information content (AvgIpc) is 2.82. The zero-order valence-corrected chi connectivity index (χ0v) is 16.7. The third-order valence-corrected chi connectivity index (χ3v) is 4.52. The van der Waals surface area contributed by atoms with Crippen LogP contribution < -0.4 is 15.6 Å². The second kappa shape index (κ2) is 8.93. The second-order valence-corrected chi connectivity index (χ2v) is 6.63. The zero-order chi connectivity index (χ0) is 23.4. The van der Waals surface area contributed by atoms with E-state index in [1.807, 2.05) is 24.3 Å². The number of rotatable bonds is 7. The van der Waals surface area contributed by atoms with Crippen LogP contribution in [0.25, 0.3) is 10.8 Å². The predicted octanol–water partition coefficient (Wildman–Crippen LogP) is 4.00. The highest BCUT2D eigenvalue weighted by Crippen LogP contribution is 2.34. The van der Waals surface area contributed by atoms with Gasteiger partial charge in [-0.15, -0.1) is 0 Å². The van der Waals surface area contributed by atoms with Crippen molar-refractivity contribution in [3.05, 3.63) is 98.8 Å². The summed E-state index contributed by atoms with van der Waals surface area (Å²) in [5.41, 5.74) is 3.68. The van der Waals surface area contributed by atoms with Crippen molar-refractivity contribution >= 4 is 33.9 Å². The maximum Gasteiger partial charge on any atom is 0.374 e. The Hall–Kier alpha value is -5.13. The molecule has 3 aromatic carbocycles. The summed E-state index contributed by atoms with van der Waals surface area (Å²) in [7, 11) is 0. The van der Waals surface area contributed by atoms with Crippen LogP contribution in [0.1, 0.15) is 10.4 Å². The molecule has 0 aliphatic carbocycles.